The van der Waals surface area contributed by atoms with Gasteiger partial charge in [-0.25, -0.2) is 9.78 Å². The molecule has 1 aromatic carbocycles. The highest BCUT2D eigenvalue weighted by atomic mass is 16.4. The number of imidazole rings is 1. The van der Waals surface area contributed by atoms with E-state index in [1.54, 1.807) is 10.8 Å². The van der Waals surface area contributed by atoms with Crippen LogP contribution in [0.15, 0.2) is 42.7 Å². The first-order chi connectivity index (χ1) is 8.27. The summed E-state index contributed by atoms with van der Waals surface area (Å²) in [4.78, 5) is 14.6. The molecule has 4 heteroatoms. The minimum atomic E-state index is -1.00. The van der Waals surface area contributed by atoms with Gasteiger partial charge in [0, 0.05) is 18.9 Å². The number of hydrogen-bond acceptors (Lipinski definition) is 2. The van der Waals surface area contributed by atoms with Crippen LogP contribution in [0.5, 0.6) is 0 Å². The van der Waals surface area contributed by atoms with E-state index < -0.39 is 5.97 Å². The second-order valence-corrected chi connectivity index (χ2v) is 3.17. The lowest BCUT2D eigenvalue weighted by atomic mass is 10.2. The molecule has 1 N–H and O–H groups in total. The molecular weight excluding hydrogens is 216 g/mol. The molecule has 2 aromatic rings. The largest absolute Gasteiger partial charge is 0.475 e. The van der Waals surface area contributed by atoms with Crippen LogP contribution in [0.4, 0.5) is 0 Å². The number of rotatable bonds is 3. The first-order valence-electron chi connectivity index (χ1n) is 5.56. The predicted octanol–water partition coefficient (Wildman–Crippen LogP) is 2.66. The van der Waals surface area contributed by atoms with Gasteiger partial charge in [0.25, 0.3) is 0 Å². The average Bonchev–Trinajstić information content (AvgIpc) is 2.81. The van der Waals surface area contributed by atoms with E-state index in [2.05, 4.69) is 4.98 Å². The zero-order valence-electron chi connectivity index (χ0n) is 10.00. The van der Waals surface area contributed by atoms with Crippen molar-refractivity contribution in [1.82, 2.24) is 9.55 Å². The monoisotopic (exact) mass is 232 g/mol. The lowest BCUT2D eigenvalue weighted by molar-refractivity contribution is 0.0679. The van der Waals surface area contributed by atoms with Crippen LogP contribution in [-0.4, -0.2) is 20.6 Å². The van der Waals surface area contributed by atoms with E-state index in [0.29, 0.717) is 6.54 Å². The normalized spacial score (nSPS) is 9.29. The van der Waals surface area contributed by atoms with Crippen molar-refractivity contribution in [2.24, 2.45) is 0 Å². The number of aromatic nitrogens is 2. The molecule has 90 valence electrons. The number of benzene rings is 1. The number of carbonyl (C=O) groups is 1. The Balaban J connectivity index is 0.000000686. The van der Waals surface area contributed by atoms with Gasteiger partial charge in [-0.1, -0.05) is 44.2 Å². The van der Waals surface area contributed by atoms with Gasteiger partial charge in [0.15, 0.2) is 0 Å². The number of hydrogen-bond donors (Lipinski definition) is 1. The van der Waals surface area contributed by atoms with E-state index in [4.69, 9.17) is 5.11 Å². The topological polar surface area (TPSA) is 55.1 Å². The van der Waals surface area contributed by atoms with Gasteiger partial charge in [-0.15, -0.1) is 0 Å². The molecule has 0 aliphatic carbocycles. The van der Waals surface area contributed by atoms with E-state index >= 15 is 0 Å². The smallest absolute Gasteiger partial charge is 0.372 e. The quantitative estimate of drug-likeness (QED) is 0.885. The Bertz CT molecular complexity index is 463. The fourth-order valence-electron chi connectivity index (χ4n) is 1.41. The minimum Gasteiger partial charge on any atom is -0.475 e. The number of carboxylic acids is 1. The van der Waals surface area contributed by atoms with Gasteiger partial charge in [-0.2, -0.15) is 0 Å². The summed E-state index contributed by atoms with van der Waals surface area (Å²) in [6, 6.07) is 9.67. The highest BCUT2D eigenvalue weighted by molar-refractivity contribution is 5.83. The molecular formula is C13H16N2O2. The second-order valence-electron chi connectivity index (χ2n) is 3.17. The van der Waals surface area contributed by atoms with Gasteiger partial charge >= 0.3 is 5.97 Å². The zero-order chi connectivity index (χ0) is 12.7. The van der Waals surface area contributed by atoms with E-state index in [1.165, 1.54) is 6.20 Å². The molecule has 0 saturated carbocycles. The molecule has 4 nitrogen and oxygen atoms in total. The molecule has 1 heterocycles. The fraction of sp³-hybridized carbons (Fsp3) is 0.231. The Hall–Kier alpha value is -2.10. The van der Waals surface area contributed by atoms with Crippen LogP contribution in [-0.2, 0) is 6.54 Å². The molecule has 1 aromatic heterocycles. The number of nitrogens with zero attached hydrogens (tertiary/aromatic N) is 2. The van der Waals surface area contributed by atoms with Crippen LogP contribution >= 0.6 is 0 Å². The summed E-state index contributed by atoms with van der Waals surface area (Å²) in [7, 11) is 0. The molecule has 0 aliphatic rings. The lowest BCUT2D eigenvalue weighted by Crippen LogP contribution is -2.09. The molecule has 0 amide bonds. The summed E-state index contributed by atoms with van der Waals surface area (Å²) in [5.41, 5.74) is 1.05. The van der Waals surface area contributed by atoms with Crippen LogP contribution in [0, 0.1) is 0 Å². The van der Waals surface area contributed by atoms with Crippen molar-refractivity contribution in [3.63, 3.8) is 0 Å². The van der Waals surface area contributed by atoms with Crippen LogP contribution in [0.2, 0.25) is 0 Å². The second kappa shape index (κ2) is 6.48. The van der Waals surface area contributed by atoms with Gasteiger partial charge < -0.3 is 9.67 Å². The Labute approximate surface area is 101 Å². The van der Waals surface area contributed by atoms with Crippen molar-refractivity contribution in [2.75, 3.05) is 0 Å². The molecule has 0 radical (unpaired) electrons. The van der Waals surface area contributed by atoms with Crippen LogP contribution in [0.3, 0.4) is 0 Å². The van der Waals surface area contributed by atoms with Gasteiger partial charge in [0.1, 0.15) is 0 Å². The van der Waals surface area contributed by atoms with Crippen molar-refractivity contribution in [3.05, 3.63) is 54.1 Å². The third kappa shape index (κ3) is 3.45. The molecule has 0 saturated heterocycles. The summed E-state index contributed by atoms with van der Waals surface area (Å²) < 4.78 is 1.61. The minimum absolute atomic E-state index is 0.0684. The van der Waals surface area contributed by atoms with Gasteiger partial charge in [-0.05, 0) is 5.56 Å². The first kappa shape index (κ1) is 13.0. The van der Waals surface area contributed by atoms with Crippen molar-refractivity contribution in [3.8, 4) is 0 Å². The third-order valence-corrected chi connectivity index (χ3v) is 2.10. The summed E-state index contributed by atoms with van der Waals surface area (Å²) >= 11 is 0. The van der Waals surface area contributed by atoms with Crippen LogP contribution in [0.1, 0.15) is 30.0 Å². The molecule has 0 spiro atoms. The molecule has 0 unspecified atom stereocenters. The van der Waals surface area contributed by atoms with Crippen molar-refractivity contribution < 1.29 is 9.90 Å². The van der Waals surface area contributed by atoms with Gasteiger partial charge in [0.05, 0.1) is 0 Å². The maximum Gasteiger partial charge on any atom is 0.372 e. The Morgan fingerprint density at radius 1 is 1.29 bits per heavy atom. The Kier molecular flexibility index (Phi) is 4.94. The summed E-state index contributed by atoms with van der Waals surface area (Å²) in [6.07, 6.45) is 3.16. The molecule has 17 heavy (non-hydrogen) atoms. The molecule has 0 fully saturated rings. The summed E-state index contributed by atoms with van der Waals surface area (Å²) in [5, 5.41) is 8.85. The first-order valence-corrected chi connectivity index (χ1v) is 5.56. The number of aromatic carboxylic acids is 1. The van der Waals surface area contributed by atoms with E-state index in [1.807, 2.05) is 44.2 Å². The van der Waals surface area contributed by atoms with Crippen molar-refractivity contribution >= 4 is 5.97 Å². The average molecular weight is 232 g/mol. The predicted molar refractivity (Wildman–Crippen MR) is 66.1 cm³/mol. The van der Waals surface area contributed by atoms with E-state index in [-0.39, 0.29) is 5.82 Å². The Morgan fingerprint density at radius 3 is 2.53 bits per heavy atom. The van der Waals surface area contributed by atoms with E-state index in [0.717, 1.165) is 5.56 Å². The van der Waals surface area contributed by atoms with E-state index in [9.17, 15) is 4.79 Å². The maximum atomic E-state index is 10.8. The lowest BCUT2D eigenvalue weighted by Gasteiger charge is -2.04. The molecule has 0 aliphatic heterocycles. The Morgan fingerprint density at radius 2 is 1.94 bits per heavy atom. The van der Waals surface area contributed by atoms with Crippen LogP contribution < -0.4 is 0 Å². The molecule has 0 atom stereocenters. The maximum absolute atomic E-state index is 10.8. The van der Waals surface area contributed by atoms with Gasteiger partial charge in [0.2, 0.25) is 5.82 Å². The van der Waals surface area contributed by atoms with Crippen LogP contribution in [0.25, 0.3) is 0 Å². The van der Waals surface area contributed by atoms with Gasteiger partial charge in [-0.3, -0.25) is 0 Å². The highest BCUT2D eigenvalue weighted by Gasteiger charge is 2.10. The fourth-order valence-corrected chi connectivity index (χ4v) is 1.41. The molecule has 0 bridgehead atoms. The summed E-state index contributed by atoms with van der Waals surface area (Å²) in [5.74, 6) is -0.935. The molecule has 2 rings (SSSR count). The highest BCUT2D eigenvalue weighted by Crippen LogP contribution is 2.05. The van der Waals surface area contributed by atoms with Crippen molar-refractivity contribution in [1.29, 1.82) is 0 Å². The third-order valence-electron chi connectivity index (χ3n) is 2.10. The SMILES string of the molecule is CC.O=C(O)c1nccn1Cc1ccccc1. The van der Waals surface area contributed by atoms with Crippen molar-refractivity contribution in [2.45, 2.75) is 20.4 Å². The standard InChI is InChI=1S/C11H10N2O2.C2H6/c14-11(15)10-12-6-7-13(10)8-9-4-2-1-3-5-9;1-2/h1-7H,8H2,(H,14,15);1-2H3. The number of carboxylic acid groups (broad SMARTS) is 1. The summed E-state index contributed by atoms with van der Waals surface area (Å²) in [6.45, 7) is 4.53. The zero-order valence-corrected chi connectivity index (χ0v) is 10.00.